The van der Waals surface area contributed by atoms with E-state index in [2.05, 4.69) is 6.07 Å². The van der Waals surface area contributed by atoms with E-state index in [-0.39, 0.29) is 5.69 Å². The highest BCUT2D eigenvalue weighted by Gasteiger charge is 2.06. The molecule has 0 heterocycles. The minimum atomic E-state index is -0.469. The number of hydrogen-bond donors (Lipinski definition) is 0. The fourth-order valence-electron chi connectivity index (χ4n) is 1.73. The second-order valence-corrected chi connectivity index (χ2v) is 4.47. The lowest BCUT2D eigenvalue weighted by Gasteiger charge is -2.00. The van der Waals surface area contributed by atoms with Crippen molar-refractivity contribution in [1.82, 2.24) is 0 Å². The van der Waals surface area contributed by atoms with Crippen molar-refractivity contribution in [2.45, 2.75) is 0 Å². The molecule has 0 aliphatic heterocycles. The van der Waals surface area contributed by atoms with E-state index in [4.69, 9.17) is 11.6 Å². The molecule has 0 aliphatic rings. The van der Waals surface area contributed by atoms with Crippen LogP contribution in [0, 0.1) is 21.4 Å². The SMILES string of the molecule is N#C/C(=C/c1cccc([N+](=O)[O-])c1)c1cccc(Cl)c1. The Bertz CT molecular complexity index is 733. The van der Waals surface area contributed by atoms with E-state index < -0.39 is 4.92 Å². The van der Waals surface area contributed by atoms with Gasteiger partial charge in [-0.15, -0.1) is 0 Å². The number of rotatable bonds is 3. The summed E-state index contributed by atoms with van der Waals surface area (Å²) in [6, 6.07) is 15.1. The van der Waals surface area contributed by atoms with Crippen LogP contribution in [0.4, 0.5) is 5.69 Å². The Morgan fingerprint density at radius 2 is 2.00 bits per heavy atom. The molecule has 0 unspecified atom stereocenters. The van der Waals surface area contributed by atoms with E-state index in [1.807, 2.05) is 0 Å². The standard InChI is InChI=1S/C15H9ClN2O2/c16-14-5-2-4-12(9-14)13(10-17)7-11-3-1-6-15(8-11)18(19)20/h1-9H/b13-7-. The average molecular weight is 285 g/mol. The normalized spacial score (nSPS) is 10.9. The van der Waals surface area contributed by atoms with Gasteiger partial charge >= 0.3 is 0 Å². The van der Waals surface area contributed by atoms with Crippen LogP contribution in [0.15, 0.2) is 48.5 Å². The van der Waals surface area contributed by atoms with Crippen molar-refractivity contribution in [3.8, 4) is 6.07 Å². The lowest BCUT2D eigenvalue weighted by atomic mass is 10.0. The van der Waals surface area contributed by atoms with Gasteiger partial charge < -0.3 is 0 Å². The minimum Gasteiger partial charge on any atom is -0.258 e. The lowest BCUT2D eigenvalue weighted by molar-refractivity contribution is -0.384. The summed E-state index contributed by atoms with van der Waals surface area (Å²) in [5.74, 6) is 0. The fraction of sp³-hybridized carbons (Fsp3) is 0. The zero-order valence-electron chi connectivity index (χ0n) is 10.3. The highest BCUT2D eigenvalue weighted by Crippen LogP contribution is 2.22. The highest BCUT2D eigenvalue weighted by atomic mass is 35.5. The quantitative estimate of drug-likeness (QED) is 0.365. The zero-order chi connectivity index (χ0) is 14.5. The topological polar surface area (TPSA) is 66.9 Å². The maximum atomic E-state index is 10.7. The number of benzene rings is 2. The third-order valence-corrected chi connectivity index (χ3v) is 2.88. The second-order valence-electron chi connectivity index (χ2n) is 4.03. The van der Waals surface area contributed by atoms with Crippen LogP contribution in [0.2, 0.25) is 5.02 Å². The van der Waals surface area contributed by atoms with Gasteiger partial charge in [0.2, 0.25) is 0 Å². The Hall–Kier alpha value is -2.64. The van der Waals surface area contributed by atoms with Gasteiger partial charge in [0.05, 0.1) is 16.6 Å². The van der Waals surface area contributed by atoms with Crippen molar-refractivity contribution in [2.75, 3.05) is 0 Å². The van der Waals surface area contributed by atoms with Gasteiger partial charge in [-0.2, -0.15) is 5.26 Å². The van der Waals surface area contributed by atoms with Crippen molar-refractivity contribution >= 4 is 28.9 Å². The Morgan fingerprint density at radius 1 is 1.25 bits per heavy atom. The van der Waals surface area contributed by atoms with Gasteiger partial charge in [-0.05, 0) is 29.3 Å². The van der Waals surface area contributed by atoms with Crippen LogP contribution in [0.3, 0.4) is 0 Å². The van der Waals surface area contributed by atoms with Crippen molar-refractivity contribution < 1.29 is 4.92 Å². The summed E-state index contributed by atoms with van der Waals surface area (Å²) in [4.78, 5) is 10.3. The van der Waals surface area contributed by atoms with Crippen LogP contribution in [-0.4, -0.2) is 4.92 Å². The first-order chi connectivity index (χ1) is 9.60. The predicted molar refractivity (Wildman–Crippen MR) is 78.0 cm³/mol. The van der Waals surface area contributed by atoms with Gasteiger partial charge in [0, 0.05) is 17.2 Å². The molecular formula is C15H9ClN2O2. The Kier molecular flexibility index (Phi) is 4.14. The number of nitriles is 1. The van der Waals surface area contributed by atoms with Crippen molar-refractivity contribution in [1.29, 1.82) is 5.26 Å². The first-order valence-electron chi connectivity index (χ1n) is 5.72. The minimum absolute atomic E-state index is 0.0119. The molecule has 0 bridgehead atoms. The summed E-state index contributed by atoms with van der Waals surface area (Å²) in [7, 11) is 0. The molecule has 0 spiro atoms. The van der Waals surface area contributed by atoms with E-state index in [1.54, 1.807) is 42.5 Å². The predicted octanol–water partition coefficient (Wildman–Crippen LogP) is 4.31. The van der Waals surface area contributed by atoms with Gasteiger partial charge in [0.1, 0.15) is 0 Å². The van der Waals surface area contributed by atoms with Gasteiger partial charge in [-0.25, -0.2) is 0 Å². The first kappa shape index (κ1) is 13.8. The molecule has 98 valence electrons. The van der Waals surface area contributed by atoms with Gasteiger partial charge in [0.15, 0.2) is 0 Å². The molecule has 0 N–H and O–H groups in total. The third-order valence-electron chi connectivity index (χ3n) is 2.65. The Labute approximate surface area is 120 Å². The smallest absolute Gasteiger partial charge is 0.258 e. The molecule has 0 fully saturated rings. The molecule has 0 atom stereocenters. The number of non-ortho nitro benzene ring substituents is 1. The number of halogens is 1. The fourth-order valence-corrected chi connectivity index (χ4v) is 1.92. The molecule has 2 rings (SSSR count). The lowest BCUT2D eigenvalue weighted by Crippen LogP contribution is -1.88. The summed E-state index contributed by atoms with van der Waals surface area (Å²) < 4.78 is 0. The number of nitro benzene ring substituents is 1. The third kappa shape index (κ3) is 3.22. The molecule has 0 aromatic heterocycles. The number of allylic oxidation sites excluding steroid dienone is 1. The van der Waals surface area contributed by atoms with Gasteiger partial charge in [-0.1, -0.05) is 35.9 Å². The Morgan fingerprint density at radius 3 is 2.65 bits per heavy atom. The van der Waals surface area contributed by atoms with Crippen molar-refractivity contribution in [3.05, 3.63) is 74.8 Å². The van der Waals surface area contributed by atoms with Crippen molar-refractivity contribution in [2.24, 2.45) is 0 Å². The second kappa shape index (κ2) is 6.00. The molecule has 0 radical (unpaired) electrons. The summed E-state index contributed by atoms with van der Waals surface area (Å²) in [5.41, 5.74) is 1.65. The molecule has 2 aromatic carbocycles. The van der Waals surface area contributed by atoms with Crippen LogP contribution in [0.5, 0.6) is 0 Å². The van der Waals surface area contributed by atoms with E-state index in [1.165, 1.54) is 12.1 Å². The molecule has 0 saturated heterocycles. The molecular weight excluding hydrogens is 276 g/mol. The maximum absolute atomic E-state index is 10.7. The molecule has 2 aromatic rings. The molecule has 0 saturated carbocycles. The van der Waals surface area contributed by atoms with E-state index in [9.17, 15) is 15.4 Å². The molecule has 4 nitrogen and oxygen atoms in total. The van der Waals surface area contributed by atoms with Crippen LogP contribution in [-0.2, 0) is 0 Å². The largest absolute Gasteiger partial charge is 0.270 e. The number of hydrogen-bond acceptors (Lipinski definition) is 3. The monoisotopic (exact) mass is 284 g/mol. The van der Waals surface area contributed by atoms with E-state index >= 15 is 0 Å². The first-order valence-corrected chi connectivity index (χ1v) is 6.10. The molecule has 0 amide bonds. The summed E-state index contributed by atoms with van der Waals surface area (Å²) >= 11 is 5.89. The van der Waals surface area contributed by atoms with Crippen molar-refractivity contribution in [3.63, 3.8) is 0 Å². The molecule has 5 heteroatoms. The Balaban J connectivity index is 2.44. The van der Waals surface area contributed by atoms with E-state index in [0.29, 0.717) is 21.7 Å². The summed E-state index contributed by atoms with van der Waals surface area (Å²) in [6.45, 7) is 0. The van der Waals surface area contributed by atoms with Gasteiger partial charge in [0.25, 0.3) is 5.69 Å². The summed E-state index contributed by atoms with van der Waals surface area (Å²) in [6.07, 6.45) is 1.60. The summed E-state index contributed by atoms with van der Waals surface area (Å²) in [5, 5.41) is 20.5. The highest BCUT2D eigenvalue weighted by molar-refractivity contribution is 6.30. The zero-order valence-corrected chi connectivity index (χ0v) is 11.0. The van der Waals surface area contributed by atoms with E-state index in [0.717, 1.165) is 0 Å². The number of nitrogens with zero attached hydrogens (tertiary/aromatic N) is 2. The average Bonchev–Trinajstić information content (AvgIpc) is 2.45. The maximum Gasteiger partial charge on any atom is 0.270 e. The molecule has 20 heavy (non-hydrogen) atoms. The molecule has 0 aliphatic carbocycles. The van der Waals surface area contributed by atoms with Gasteiger partial charge in [-0.3, -0.25) is 10.1 Å². The van der Waals surface area contributed by atoms with Crippen LogP contribution in [0.25, 0.3) is 11.6 Å². The number of nitro groups is 1. The van der Waals surface area contributed by atoms with Crippen LogP contribution in [0.1, 0.15) is 11.1 Å². The van der Waals surface area contributed by atoms with Crippen LogP contribution >= 0.6 is 11.6 Å². The van der Waals surface area contributed by atoms with Crippen LogP contribution < -0.4 is 0 Å².